The quantitative estimate of drug-likeness (QED) is 0.913. The highest BCUT2D eigenvalue weighted by atomic mass is 16.4. The van der Waals surface area contributed by atoms with Crippen LogP contribution in [-0.2, 0) is 6.54 Å². The first kappa shape index (κ1) is 18.5. The Hall–Kier alpha value is -2.34. The summed E-state index contributed by atoms with van der Waals surface area (Å²) in [5.74, 6) is 0. The highest BCUT2D eigenvalue weighted by Crippen LogP contribution is 2.40. The maximum absolute atomic E-state index is 11.5. The molecule has 1 saturated heterocycles. The molecule has 1 aliphatic heterocycles. The zero-order valence-corrected chi connectivity index (χ0v) is 15.7. The molecule has 1 aromatic heterocycles. The molecule has 0 radical (unpaired) electrons. The predicted octanol–water partition coefficient (Wildman–Crippen LogP) is 3.33. The Bertz CT molecular complexity index is 709. The largest absolute Gasteiger partial charge is 0.465 e. The lowest BCUT2D eigenvalue weighted by Crippen LogP contribution is -2.58. The molecule has 0 spiro atoms. The van der Waals surface area contributed by atoms with Crippen LogP contribution in [0.3, 0.4) is 0 Å². The summed E-state index contributed by atoms with van der Waals surface area (Å²) >= 11 is 0. The molecule has 1 aliphatic rings. The standard InChI is InChI=1S/C20H28N4O2/c1-20(2,3)18(16-7-5-4-6-8-16)24-12-11-23(19(25)26)14-17(24)13-22-10-9-21-15-22/h4-10,15,17-18H,11-14H2,1-3H3,(H,25,26). The third-order valence-corrected chi connectivity index (χ3v) is 5.05. The van der Waals surface area contributed by atoms with E-state index in [1.807, 2.05) is 16.8 Å². The van der Waals surface area contributed by atoms with Crippen molar-refractivity contribution in [2.75, 3.05) is 19.6 Å². The molecule has 1 N–H and O–H groups in total. The van der Waals surface area contributed by atoms with Crippen molar-refractivity contribution in [3.63, 3.8) is 0 Å². The molecule has 3 rings (SSSR count). The molecule has 26 heavy (non-hydrogen) atoms. The van der Waals surface area contributed by atoms with E-state index >= 15 is 0 Å². The van der Waals surface area contributed by atoms with E-state index in [9.17, 15) is 9.90 Å². The van der Waals surface area contributed by atoms with Gasteiger partial charge in [-0.15, -0.1) is 0 Å². The zero-order valence-electron chi connectivity index (χ0n) is 15.7. The number of hydrogen-bond donors (Lipinski definition) is 1. The SMILES string of the molecule is CC(C)(C)C(c1ccccc1)N1CCN(C(=O)O)CC1Cn1ccnc1. The number of aromatic nitrogens is 2. The van der Waals surface area contributed by atoms with E-state index < -0.39 is 6.09 Å². The van der Waals surface area contributed by atoms with Crippen LogP contribution in [0, 0.1) is 5.41 Å². The minimum absolute atomic E-state index is 0.0277. The maximum Gasteiger partial charge on any atom is 0.407 e. The monoisotopic (exact) mass is 356 g/mol. The van der Waals surface area contributed by atoms with E-state index in [1.165, 1.54) is 10.5 Å². The fourth-order valence-corrected chi connectivity index (χ4v) is 4.01. The summed E-state index contributed by atoms with van der Waals surface area (Å²) in [7, 11) is 0. The van der Waals surface area contributed by atoms with Crippen LogP contribution in [0.2, 0.25) is 0 Å². The number of carbonyl (C=O) groups is 1. The van der Waals surface area contributed by atoms with Crippen LogP contribution in [0.1, 0.15) is 32.4 Å². The van der Waals surface area contributed by atoms with Gasteiger partial charge in [-0.2, -0.15) is 0 Å². The molecule has 140 valence electrons. The predicted molar refractivity (Wildman–Crippen MR) is 101 cm³/mol. The van der Waals surface area contributed by atoms with E-state index in [0.717, 1.165) is 13.1 Å². The van der Waals surface area contributed by atoms with Gasteiger partial charge in [-0.05, 0) is 11.0 Å². The molecule has 2 atom stereocenters. The van der Waals surface area contributed by atoms with Crippen molar-refractivity contribution in [3.8, 4) is 0 Å². The maximum atomic E-state index is 11.5. The van der Waals surface area contributed by atoms with Crippen molar-refractivity contribution >= 4 is 6.09 Å². The third-order valence-electron chi connectivity index (χ3n) is 5.05. The first-order valence-electron chi connectivity index (χ1n) is 9.10. The lowest BCUT2D eigenvalue weighted by atomic mass is 9.80. The van der Waals surface area contributed by atoms with Crippen LogP contribution in [0.4, 0.5) is 4.79 Å². The summed E-state index contributed by atoms with van der Waals surface area (Å²) in [6.07, 6.45) is 4.66. The van der Waals surface area contributed by atoms with Crippen molar-refractivity contribution in [1.82, 2.24) is 19.4 Å². The average molecular weight is 356 g/mol. The number of amides is 1. The normalized spacial score (nSPS) is 20.1. The molecular weight excluding hydrogens is 328 g/mol. The Labute approximate surface area is 155 Å². The molecular formula is C20H28N4O2. The smallest absolute Gasteiger partial charge is 0.407 e. The molecule has 2 aromatic rings. The van der Waals surface area contributed by atoms with E-state index in [1.54, 1.807) is 12.5 Å². The van der Waals surface area contributed by atoms with Gasteiger partial charge in [-0.25, -0.2) is 9.78 Å². The molecule has 0 aliphatic carbocycles. The van der Waals surface area contributed by atoms with Crippen LogP contribution in [-0.4, -0.2) is 56.2 Å². The van der Waals surface area contributed by atoms with Gasteiger partial charge in [0.1, 0.15) is 0 Å². The van der Waals surface area contributed by atoms with Crippen molar-refractivity contribution in [2.45, 2.75) is 39.4 Å². The lowest BCUT2D eigenvalue weighted by molar-refractivity contribution is -0.00326. The molecule has 1 amide bonds. The Morgan fingerprint density at radius 2 is 2.00 bits per heavy atom. The summed E-state index contributed by atoms with van der Waals surface area (Å²) in [5.41, 5.74) is 1.30. The highest BCUT2D eigenvalue weighted by Gasteiger charge is 2.39. The number of imidazole rings is 1. The molecule has 0 bridgehead atoms. The van der Waals surface area contributed by atoms with Crippen LogP contribution in [0.15, 0.2) is 49.1 Å². The van der Waals surface area contributed by atoms with Crippen molar-refractivity contribution < 1.29 is 9.90 Å². The van der Waals surface area contributed by atoms with Gasteiger partial charge >= 0.3 is 6.09 Å². The van der Waals surface area contributed by atoms with Gasteiger partial charge in [0.2, 0.25) is 0 Å². The number of carboxylic acid groups (broad SMARTS) is 1. The first-order valence-corrected chi connectivity index (χ1v) is 9.10. The fourth-order valence-electron chi connectivity index (χ4n) is 4.01. The zero-order chi connectivity index (χ0) is 18.7. The van der Waals surface area contributed by atoms with Crippen LogP contribution < -0.4 is 0 Å². The Kier molecular flexibility index (Phi) is 5.32. The lowest BCUT2D eigenvalue weighted by Gasteiger charge is -2.49. The number of piperazine rings is 1. The fraction of sp³-hybridized carbons (Fsp3) is 0.500. The first-order chi connectivity index (χ1) is 12.4. The second-order valence-electron chi connectivity index (χ2n) is 8.06. The Morgan fingerprint density at radius 1 is 1.27 bits per heavy atom. The van der Waals surface area contributed by atoms with Gasteiger partial charge in [-0.1, -0.05) is 51.1 Å². The minimum Gasteiger partial charge on any atom is -0.465 e. The summed E-state index contributed by atoms with van der Waals surface area (Å²) in [6, 6.07) is 10.8. The molecule has 2 heterocycles. The second kappa shape index (κ2) is 7.50. The number of benzene rings is 1. The number of rotatable bonds is 4. The summed E-state index contributed by atoms with van der Waals surface area (Å²) in [4.78, 5) is 19.7. The number of nitrogens with zero attached hydrogens (tertiary/aromatic N) is 4. The van der Waals surface area contributed by atoms with Gasteiger partial charge in [0.05, 0.1) is 6.33 Å². The topological polar surface area (TPSA) is 61.6 Å². The average Bonchev–Trinajstić information content (AvgIpc) is 3.09. The summed E-state index contributed by atoms with van der Waals surface area (Å²) in [5, 5.41) is 9.47. The summed E-state index contributed by atoms with van der Waals surface area (Å²) in [6.45, 7) is 9.25. The highest BCUT2D eigenvalue weighted by molar-refractivity contribution is 5.65. The van der Waals surface area contributed by atoms with Crippen molar-refractivity contribution in [2.24, 2.45) is 5.41 Å². The van der Waals surface area contributed by atoms with Crippen LogP contribution >= 0.6 is 0 Å². The van der Waals surface area contributed by atoms with E-state index in [2.05, 4.69) is 54.9 Å². The van der Waals surface area contributed by atoms with Crippen molar-refractivity contribution in [1.29, 1.82) is 0 Å². The third kappa shape index (κ3) is 4.07. The Morgan fingerprint density at radius 3 is 2.58 bits per heavy atom. The van der Waals surface area contributed by atoms with Gasteiger partial charge in [0.25, 0.3) is 0 Å². The van der Waals surface area contributed by atoms with Crippen LogP contribution in [0.25, 0.3) is 0 Å². The molecule has 1 aromatic carbocycles. The molecule has 1 fully saturated rings. The minimum atomic E-state index is -0.840. The van der Waals surface area contributed by atoms with Crippen LogP contribution in [0.5, 0.6) is 0 Å². The summed E-state index contributed by atoms with van der Waals surface area (Å²) < 4.78 is 2.04. The molecule has 6 nitrogen and oxygen atoms in total. The van der Waals surface area contributed by atoms with Crippen molar-refractivity contribution in [3.05, 3.63) is 54.6 Å². The van der Waals surface area contributed by atoms with Gasteiger partial charge < -0.3 is 14.6 Å². The molecule has 0 saturated carbocycles. The van der Waals surface area contributed by atoms with Gasteiger partial charge in [0.15, 0.2) is 0 Å². The van der Waals surface area contributed by atoms with E-state index in [4.69, 9.17) is 0 Å². The van der Waals surface area contributed by atoms with E-state index in [-0.39, 0.29) is 17.5 Å². The Balaban J connectivity index is 1.93. The number of hydrogen-bond acceptors (Lipinski definition) is 3. The van der Waals surface area contributed by atoms with Gasteiger partial charge in [-0.3, -0.25) is 4.90 Å². The molecule has 6 heteroatoms. The molecule has 2 unspecified atom stereocenters. The van der Waals surface area contributed by atoms with E-state index in [0.29, 0.717) is 13.1 Å². The second-order valence-corrected chi connectivity index (χ2v) is 8.06. The van der Waals surface area contributed by atoms with Gasteiger partial charge in [0, 0.05) is 50.7 Å².